The molecular formula is C18H17NO5. The van der Waals surface area contributed by atoms with Gasteiger partial charge in [0.05, 0.1) is 28.7 Å². The molecule has 1 aromatic carbocycles. The number of anilines is 1. The first-order valence-electron chi connectivity index (χ1n) is 7.82. The predicted octanol–water partition coefficient (Wildman–Crippen LogP) is 1.83. The maximum atomic E-state index is 12.9. The quantitative estimate of drug-likeness (QED) is 0.359. The smallest absolute Gasteiger partial charge is 0.308 e. The monoisotopic (exact) mass is 327 g/mol. The topological polar surface area (TPSA) is 72.9 Å². The molecule has 24 heavy (non-hydrogen) atoms. The van der Waals surface area contributed by atoms with Crippen molar-refractivity contribution in [2.45, 2.75) is 32.0 Å². The third-order valence-corrected chi connectivity index (χ3v) is 5.08. The van der Waals surface area contributed by atoms with E-state index in [4.69, 9.17) is 9.47 Å². The van der Waals surface area contributed by atoms with E-state index in [9.17, 15) is 14.4 Å². The lowest BCUT2D eigenvalue weighted by atomic mass is 9.73. The summed E-state index contributed by atoms with van der Waals surface area (Å²) in [6.45, 7) is 5.00. The Morgan fingerprint density at radius 2 is 1.54 bits per heavy atom. The van der Waals surface area contributed by atoms with Crippen LogP contribution in [0.4, 0.5) is 5.69 Å². The number of imide groups is 1. The van der Waals surface area contributed by atoms with Crippen LogP contribution < -0.4 is 9.64 Å². The molecule has 6 nitrogen and oxygen atoms in total. The van der Waals surface area contributed by atoms with Gasteiger partial charge in [-0.15, -0.1) is 0 Å². The van der Waals surface area contributed by atoms with Crippen LogP contribution in [0.25, 0.3) is 0 Å². The van der Waals surface area contributed by atoms with Gasteiger partial charge in [-0.1, -0.05) is 12.2 Å². The molecule has 2 bridgehead atoms. The Hall–Kier alpha value is -2.47. The van der Waals surface area contributed by atoms with E-state index in [1.165, 1.54) is 11.8 Å². The highest BCUT2D eigenvalue weighted by Crippen LogP contribution is 2.57. The Balaban J connectivity index is 1.68. The van der Waals surface area contributed by atoms with Gasteiger partial charge >= 0.3 is 5.97 Å². The number of amides is 2. The number of hydrogen-bond acceptors (Lipinski definition) is 5. The van der Waals surface area contributed by atoms with Crippen molar-refractivity contribution in [1.29, 1.82) is 0 Å². The standard InChI is InChI=1S/C18H17NO5/c1-10(20)23-12-6-4-11(5-7-12)19-15(21)13-14(16(19)22)18(3)9-8-17(13,2)24-18/h4-9,13-14H,1-3H3/t13-,14-,17-,18-/m0/s1. The van der Waals surface area contributed by atoms with Crippen LogP contribution in [0.2, 0.25) is 0 Å². The van der Waals surface area contributed by atoms with E-state index in [-0.39, 0.29) is 11.8 Å². The van der Waals surface area contributed by atoms with Crippen LogP contribution in [0, 0.1) is 11.8 Å². The van der Waals surface area contributed by atoms with Crippen molar-refractivity contribution in [3.8, 4) is 5.75 Å². The number of esters is 1. The fourth-order valence-corrected chi connectivity index (χ4v) is 4.11. The Kier molecular flexibility index (Phi) is 2.85. The van der Waals surface area contributed by atoms with Crippen molar-refractivity contribution < 1.29 is 23.9 Å². The third-order valence-electron chi connectivity index (χ3n) is 5.08. The molecule has 124 valence electrons. The van der Waals surface area contributed by atoms with Crippen LogP contribution in [-0.4, -0.2) is 29.0 Å². The molecule has 2 fully saturated rings. The van der Waals surface area contributed by atoms with Gasteiger partial charge in [-0.2, -0.15) is 0 Å². The molecule has 3 aliphatic rings. The molecule has 2 amide bonds. The van der Waals surface area contributed by atoms with Crippen molar-refractivity contribution in [2.75, 3.05) is 4.90 Å². The second kappa shape index (κ2) is 4.54. The summed E-state index contributed by atoms with van der Waals surface area (Å²) in [5.41, 5.74) is -1.00. The van der Waals surface area contributed by atoms with Gasteiger partial charge in [0.25, 0.3) is 0 Å². The van der Waals surface area contributed by atoms with Crippen LogP contribution in [0.1, 0.15) is 20.8 Å². The highest BCUT2D eigenvalue weighted by Gasteiger charge is 2.70. The first-order chi connectivity index (χ1) is 11.3. The second-order valence-corrected chi connectivity index (χ2v) is 6.86. The van der Waals surface area contributed by atoms with E-state index in [1.807, 2.05) is 26.0 Å². The molecule has 0 unspecified atom stereocenters. The molecule has 0 aliphatic carbocycles. The van der Waals surface area contributed by atoms with E-state index >= 15 is 0 Å². The summed E-state index contributed by atoms with van der Waals surface area (Å²) < 4.78 is 10.9. The summed E-state index contributed by atoms with van der Waals surface area (Å²) in [5.74, 6) is -1.57. The first-order valence-corrected chi connectivity index (χ1v) is 7.82. The molecule has 3 heterocycles. The molecule has 3 aliphatic heterocycles. The lowest BCUT2D eigenvalue weighted by Crippen LogP contribution is -2.39. The van der Waals surface area contributed by atoms with Gasteiger partial charge in [-0.3, -0.25) is 14.4 Å². The summed E-state index contributed by atoms with van der Waals surface area (Å²) in [4.78, 5) is 38.0. The van der Waals surface area contributed by atoms with E-state index in [1.54, 1.807) is 24.3 Å². The SMILES string of the molecule is CC(=O)Oc1ccc(N2C(=O)[C@@H]3[C@@H](C2=O)[C@]2(C)C=C[C@]3(C)O2)cc1. The van der Waals surface area contributed by atoms with Gasteiger partial charge in [0.2, 0.25) is 11.8 Å². The van der Waals surface area contributed by atoms with Crippen molar-refractivity contribution in [3.05, 3.63) is 36.4 Å². The summed E-state index contributed by atoms with van der Waals surface area (Å²) in [7, 11) is 0. The third kappa shape index (κ3) is 1.83. The molecule has 4 atom stereocenters. The van der Waals surface area contributed by atoms with Crippen LogP contribution in [0.5, 0.6) is 5.75 Å². The Labute approximate surface area is 139 Å². The van der Waals surface area contributed by atoms with E-state index in [0.29, 0.717) is 11.4 Å². The van der Waals surface area contributed by atoms with Gasteiger partial charge in [0, 0.05) is 6.92 Å². The molecular weight excluding hydrogens is 310 g/mol. The largest absolute Gasteiger partial charge is 0.427 e. The Morgan fingerprint density at radius 1 is 1.04 bits per heavy atom. The average molecular weight is 327 g/mol. The normalized spacial score (nSPS) is 36.4. The van der Waals surface area contributed by atoms with Gasteiger partial charge in [0.1, 0.15) is 5.75 Å². The van der Waals surface area contributed by atoms with Crippen LogP contribution >= 0.6 is 0 Å². The molecule has 6 heteroatoms. The molecule has 0 saturated carbocycles. The van der Waals surface area contributed by atoms with Crippen molar-refractivity contribution >= 4 is 23.5 Å². The van der Waals surface area contributed by atoms with E-state index in [2.05, 4.69) is 0 Å². The number of rotatable bonds is 2. The van der Waals surface area contributed by atoms with Crippen LogP contribution in [0.3, 0.4) is 0 Å². The first kappa shape index (κ1) is 15.1. The van der Waals surface area contributed by atoms with Crippen LogP contribution in [0.15, 0.2) is 36.4 Å². The maximum absolute atomic E-state index is 12.9. The van der Waals surface area contributed by atoms with Crippen molar-refractivity contribution in [1.82, 2.24) is 0 Å². The summed E-state index contributed by atoms with van der Waals surface area (Å²) in [6.07, 6.45) is 3.76. The molecule has 0 N–H and O–H groups in total. The Bertz CT molecular complexity index is 762. The highest BCUT2D eigenvalue weighted by atomic mass is 16.5. The van der Waals surface area contributed by atoms with Crippen LogP contribution in [-0.2, 0) is 19.1 Å². The van der Waals surface area contributed by atoms with Gasteiger partial charge in [-0.25, -0.2) is 4.90 Å². The maximum Gasteiger partial charge on any atom is 0.308 e. The lowest BCUT2D eigenvalue weighted by molar-refractivity contribution is -0.132. The number of benzene rings is 1. The van der Waals surface area contributed by atoms with Crippen molar-refractivity contribution in [2.24, 2.45) is 11.8 Å². The zero-order chi connectivity index (χ0) is 17.3. The molecule has 1 aromatic rings. The molecule has 0 spiro atoms. The fourth-order valence-electron chi connectivity index (χ4n) is 4.11. The number of ether oxygens (including phenoxy) is 2. The lowest BCUT2D eigenvalue weighted by Gasteiger charge is -2.25. The summed E-state index contributed by atoms with van der Waals surface area (Å²) >= 11 is 0. The molecule has 0 aromatic heterocycles. The van der Waals surface area contributed by atoms with E-state index < -0.39 is 29.0 Å². The van der Waals surface area contributed by atoms with Gasteiger partial charge in [-0.05, 0) is 38.1 Å². The number of hydrogen-bond donors (Lipinski definition) is 0. The van der Waals surface area contributed by atoms with E-state index in [0.717, 1.165) is 0 Å². The minimum absolute atomic E-state index is 0.249. The summed E-state index contributed by atoms with van der Waals surface area (Å²) in [5, 5.41) is 0. The molecule has 2 saturated heterocycles. The fraction of sp³-hybridized carbons (Fsp3) is 0.389. The number of nitrogens with zero attached hydrogens (tertiary/aromatic N) is 1. The molecule has 4 rings (SSSR count). The number of carbonyl (C=O) groups excluding carboxylic acids is 3. The van der Waals surface area contributed by atoms with Crippen molar-refractivity contribution in [3.63, 3.8) is 0 Å². The minimum Gasteiger partial charge on any atom is -0.427 e. The zero-order valence-electron chi connectivity index (χ0n) is 13.6. The summed E-state index contributed by atoms with van der Waals surface area (Å²) in [6, 6.07) is 6.35. The number of carbonyl (C=O) groups is 3. The van der Waals surface area contributed by atoms with Gasteiger partial charge < -0.3 is 9.47 Å². The second-order valence-electron chi connectivity index (χ2n) is 6.86. The average Bonchev–Trinajstić information content (AvgIpc) is 3.04. The minimum atomic E-state index is -0.738. The van der Waals surface area contributed by atoms with Gasteiger partial charge in [0.15, 0.2) is 0 Å². The number of fused-ring (bicyclic) bond motifs is 5. The Morgan fingerprint density at radius 3 is 2.00 bits per heavy atom. The predicted molar refractivity (Wildman–Crippen MR) is 84.3 cm³/mol. The zero-order valence-corrected chi connectivity index (χ0v) is 13.6. The molecule has 0 radical (unpaired) electrons. The highest BCUT2D eigenvalue weighted by molar-refractivity contribution is 6.23.